The quantitative estimate of drug-likeness (QED) is 0.827. The van der Waals surface area contributed by atoms with Crippen LogP contribution in [0.5, 0.6) is 0 Å². The molecule has 0 aromatic heterocycles. The predicted molar refractivity (Wildman–Crippen MR) is 67.8 cm³/mol. The zero-order chi connectivity index (χ0) is 12.3. The summed E-state index contributed by atoms with van der Waals surface area (Å²) < 4.78 is 27.1. The highest BCUT2D eigenvalue weighted by atomic mass is 79.9. The van der Waals surface area contributed by atoms with Crippen molar-refractivity contribution in [1.29, 1.82) is 0 Å². The Kier molecular flexibility index (Phi) is 4.51. The van der Waals surface area contributed by atoms with Crippen LogP contribution in [0, 0.1) is 11.6 Å². The van der Waals surface area contributed by atoms with Crippen LogP contribution in [-0.4, -0.2) is 6.04 Å². The first-order valence-corrected chi connectivity index (χ1v) is 6.83. The topological polar surface area (TPSA) is 12.0 Å². The summed E-state index contributed by atoms with van der Waals surface area (Å²) >= 11 is 3.10. The van der Waals surface area contributed by atoms with Crippen LogP contribution in [0.25, 0.3) is 0 Å². The summed E-state index contributed by atoms with van der Waals surface area (Å²) in [5.41, 5.74) is 0.385. The normalized spacial score (nSPS) is 17.4. The predicted octanol–water partition coefficient (Wildman–Crippen LogP) is 4.15. The average molecular weight is 304 g/mol. The molecular formula is C13H16BrF2N. The van der Waals surface area contributed by atoms with E-state index in [-0.39, 0.29) is 10.3 Å². The molecule has 1 aromatic rings. The van der Waals surface area contributed by atoms with Crippen LogP contribution in [0.3, 0.4) is 0 Å². The molecule has 0 heterocycles. The SMILES string of the molecule is Fc1ccc(F)c(CNC2CCCCC2)c1Br. The number of hydrogen-bond acceptors (Lipinski definition) is 1. The van der Waals surface area contributed by atoms with Crippen molar-refractivity contribution < 1.29 is 8.78 Å². The number of nitrogens with one attached hydrogen (secondary N) is 1. The fraction of sp³-hybridized carbons (Fsp3) is 0.538. The van der Waals surface area contributed by atoms with E-state index in [2.05, 4.69) is 21.2 Å². The first kappa shape index (κ1) is 13.0. The van der Waals surface area contributed by atoms with Crippen molar-refractivity contribution in [3.63, 3.8) is 0 Å². The van der Waals surface area contributed by atoms with E-state index in [4.69, 9.17) is 0 Å². The molecule has 1 nitrogen and oxygen atoms in total. The van der Waals surface area contributed by atoms with Gasteiger partial charge in [0.05, 0.1) is 4.47 Å². The molecule has 0 atom stereocenters. The highest BCUT2D eigenvalue weighted by Crippen LogP contribution is 2.24. The van der Waals surface area contributed by atoms with Gasteiger partial charge >= 0.3 is 0 Å². The maximum absolute atomic E-state index is 13.5. The molecule has 94 valence electrons. The molecule has 17 heavy (non-hydrogen) atoms. The van der Waals surface area contributed by atoms with Crippen molar-refractivity contribution in [3.05, 3.63) is 33.8 Å². The third-order valence-corrected chi connectivity index (χ3v) is 4.17. The minimum atomic E-state index is -0.410. The van der Waals surface area contributed by atoms with E-state index in [1.165, 1.54) is 25.3 Å². The summed E-state index contributed by atoms with van der Waals surface area (Å²) in [6.07, 6.45) is 6.01. The lowest BCUT2D eigenvalue weighted by atomic mass is 9.95. The first-order chi connectivity index (χ1) is 8.18. The second-order valence-electron chi connectivity index (χ2n) is 4.54. The van der Waals surface area contributed by atoms with Gasteiger partial charge in [-0.2, -0.15) is 0 Å². The van der Waals surface area contributed by atoms with Crippen LogP contribution in [0.4, 0.5) is 8.78 Å². The van der Waals surface area contributed by atoms with Gasteiger partial charge in [0.25, 0.3) is 0 Å². The Balaban J connectivity index is 2.00. The number of hydrogen-bond donors (Lipinski definition) is 1. The summed E-state index contributed by atoms with van der Waals surface area (Å²) in [4.78, 5) is 0. The lowest BCUT2D eigenvalue weighted by Crippen LogP contribution is -2.30. The molecule has 1 aliphatic rings. The largest absolute Gasteiger partial charge is 0.310 e. The zero-order valence-corrected chi connectivity index (χ0v) is 11.2. The van der Waals surface area contributed by atoms with E-state index >= 15 is 0 Å². The highest BCUT2D eigenvalue weighted by molar-refractivity contribution is 9.10. The van der Waals surface area contributed by atoms with Crippen molar-refractivity contribution in [2.45, 2.75) is 44.7 Å². The van der Waals surface area contributed by atoms with Gasteiger partial charge < -0.3 is 5.32 Å². The molecular weight excluding hydrogens is 288 g/mol. The molecule has 1 fully saturated rings. The van der Waals surface area contributed by atoms with E-state index in [0.29, 0.717) is 18.2 Å². The van der Waals surface area contributed by atoms with E-state index < -0.39 is 5.82 Å². The summed E-state index contributed by atoms with van der Waals surface area (Å²) in [7, 11) is 0. The Hall–Kier alpha value is -0.480. The van der Waals surface area contributed by atoms with E-state index in [0.717, 1.165) is 18.9 Å². The third kappa shape index (κ3) is 3.26. The minimum absolute atomic E-state index is 0.237. The molecule has 2 rings (SSSR count). The van der Waals surface area contributed by atoms with Crippen LogP contribution in [-0.2, 0) is 6.54 Å². The van der Waals surface area contributed by atoms with Crippen LogP contribution in [0.2, 0.25) is 0 Å². The molecule has 0 spiro atoms. The zero-order valence-electron chi connectivity index (χ0n) is 9.61. The maximum Gasteiger partial charge on any atom is 0.137 e. The van der Waals surface area contributed by atoms with Gasteiger partial charge in [0.1, 0.15) is 11.6 Å². The van der Waals surface area contributed by atoms with Crippen molar-refractivity contribution in [3.8, 4) is 0 Å². The van der Waals surface area contributed by atoms with Gasteiger partial charge in [-0.3, -0.25) is 0 Å². The van der Waals surface area contributed by atoms with Crippen LogP contribution in [0.1, 0.15) is 37.7 Å². The van der Waals surface area contributed by atoms with Gasteiger partial charge in [0.2, 0.25) is 0 Å². The molecule has 4 heteroatoms. The summed E-state index contributed by atoms with van der Waals surface area (Å²) in [6.45, 7) is 0.384. The van der Waals surface area contributed by atoms with Crippen LogP contribution >= 0.6 is 15.9 Å². The van der Waals surface area contributed by atoms with E-state index in [9.17, 15) is 8.78 Å². The van der Waals surface area contributed by atoms with Crippen molar-refractivity contribution in [1.82, 2.24) is 5.32 Å². The summed E-state index contributed by atoms with van der Waals surface area (Å²) in [6, 6.07) is 2.76. The molecule has 0 amide bonds. The van der Waals surface area contributed by atoms with Gasteiger partial charge in [0, 0.05) is 18.2 Å². The smallest absolute Gasteiger partial charge is 0.137 e. The fourth-order valence-corrected chi connectivity index (χ4v) is 2.75. The summed E-state index contributed by atoms with van der Waals surface area (Å²) in [5.74, 6) is -0.770. The number of benzene rings is 1. The second kappa shape index (κ2) is 5.91. The monoisotopic (exact) mass is 303 g/mol. The van der Waals surface area contributed by atoms with E-state index in [1.807, 2.05) is 0 Å². The molecule has 1 saturated carbocycles. The van der Waals surface area contributed by atoms with Crippen molar-refractivity contribution >= 4 is 15.9 Å². The van der Waals surface area contributed by atoms with Gasteiger partial charge in [0.15, 0.2) is 0 Å². The molecule has 1 aliphatic carbocycles. The van der Waals surface area contributed by atoms with Crippen LogP contribution < -0.4 is 5.32 Å². The first-order valence-electron chi connectivity index (χ1n) is 6.04. The van der Waals surface area contributed by atoms with Gasteiger partial charge in [-0.05, 0) is 40.9 Å². The Bertz CT molecular complexity index is 389. The molecule has 0 saturated heterocycles. The Morgan fingerprint density at radius 2 is 1.76 bits per heavy atom. The molecule has 0 aliphatic heterocycles. The van der Waals surface area contributed by atoms with Gasteiger partial charge in [-0.25, -0.2) is 8.78 Å². The standard InChI is InChI=1S/C13H16BrF2N/c14-13-10(11(15)6-7-12(13)16)8-17-9-4-2-1-3-5-9/h6-7,9,17H,1-5,8H2. The number of halogens is 3. The molecule has 0 bridgehead atoms. The average Bonchev–Trinajstić information content (AvgIpc) is 2.35. The Labute approximate surface area is 109 Å². The minimum Gasteiger partial charge on any atom is -0.310 e. The fourth-order valence-electron chi connectivity index (χ4n) is 2.28. The summed E-state index contributed by atoms with van der Waals surface area (Å²) in [5, 5.41) is 3.31. The van der Waals surface area contributed by atoms with E-state index in [1.54, 1.807) is 0 Å². The van der Waals surface area contributed by atoms with Crippen LogP contribution in [0.15, 0.2) is 16.6 Å². The highest BCUT2D eigenvalue weighted by Gasteiger charge is 2.16. The second-order valence-corrected chi connectivity index (χ2v) is 5.33. The number of rotatable bonds is 3. The lowest BCUT2D eigenvalue weighted by Gasteiger charge is -2.23. The maximum atomic E-state index is 13.5. The molecule has 1 aromatic carbocycles. The Morgan fingerprint density at radius 1 is 1.12 bits per heavy atom. The van der Waals surface area contributed by atoms with Crippen molar-refractivity contribution in [2.75, 3.05) is 0 Å². The molecule has 0 radical (unpaired) electrons. The van der Waals surface area contributed by atoms with Crippen molar-refractivity contribution in [2.24, 2.45) is 0 Å². The molecule has 0 unspecified atom stereocenters. The lowest BCUT2D eigenvalue weighted by molar-refractivity contribution is 0.369. The van der Waals surface area contributed by atoms with Gasteiger partial charge in [-0.1, -0.05) is 19.3 Å². The third-order valence-electron chi connectivity index (χ3n) is 3.31. The Morgan fingerprint density at radius 3 is 2.47 bits per heavy atom. The van der Waals surface area contributed by atoms with Gasteiger partial charge in [-0.15, -0.1) is 0 Å². The molecule has 1 N–H and O–H groups in total.